The van der Waals surface area contributed by atoms with Crippen molar-refractivity contribution in [3.05, 3.63) is 30.3 Å². The number of hydrogen-bond donors (Lipinski definition) is 2. The third-order valence-electron chi connectivity index (χ3n) is 4.83. The van der Waals surface area contributed by atoms with Crippen LogP contribution in [0.2, 0.25) is 0 Å². The summed E-state index contributed by atoms with van der Waals surface area (Å²) in [5, 5.41) is 15.4. The first-order valence-electron chi connectivity index (χ1n) is 9.83. The number of rotatable bonds is 9. The highest BCUT2D eigenvalue weighted by molar-refractivity contribution is 6.03. The van der Waals surface area contributed by atoms with Crippen LogP contribution in [0.1, 0.15) is 33.6 Å². The predicted octanol–water partition coefficient (Wildman–Crippen LogP) is 1.98. The maximum absolute atomic E-state index is 12.6. The van der Waals surface area contributed by atoms with Gasteiger partial charge in [0.25, 0.3) is 5.91 Å². The number of amides is 2. The van der Waals surface area contributed by atoms with Crippen LogP contribution in [0.3, 0.4) is 0 Å². The lowest BCUT2D eigenvalue weighted by Crippen LogP contribution is -2.49. The average molecular weight is 433 g/mol. The Kier molecular flexibility index (Phi) is 8.12. The van der Waals surface area contributed by atoms with Gasteiger partial charge in [-0.25, -0.2) is 4.79 Å². The zero-order chi connectivity index (χ0) is 23.1. The van der Waals surface area contributed by atoms with E-state index in [-0.39, 0.29) is 12.3 Å². The molecule has 31 heavy (non-hydrogen) atoms. The molecule has 0 radical (unpaired) electrons. The van der Waals surface area contributed by atoms with Crippen LogP contribution in [0.15, 0.2) is 35.5 Å². The summed E-state index contributed by atoms with van der Waals surface area (Å²) in [6, 6.07) is 7.21. The second-order valence-electron chi connectivity index (χ2n) is 7.51. The van der Waals surface area contributed by atoms with E-state index in [0.717, 1.165) is 0 Å². The minimum atomic E-state index is -1.21. The molecule has 3 atom stereocenters. The summed E-state index contributed by atoms with van der Waals surface area (Å²) < 4.78 is 4.97. The normalized spacial score (nSPS) is 17.2. The van der Waals surface area contributed by atoms with E-state index in [1.807, 2.05) is 19.9 Å². The number of ketones is 1. The number of oxime groups is 1. The fourth-order valence-electron chi connectivity index (χ4n) is 3.35. The molecule has 1 aromatic carbocycles. The van der Waals surface area contributed by atoms with Crippen molar-refractivity contribution in [2.45, 2.75) is 51.8 Å². The van der Waals surface area contributed by atoms with Crippen molar-refractivity contribution in [3.8, 4) is 0 Å². The molecule has 2 rings (SSSR count). The highest BCUT2D eigenvalue weighted by Gasteiger charge is 2.39. The zero-order valence-electron chi connectivity index (χ0n) is 17.9. The van der Waals surface area contributed by atoms with Gasteiger partial charge in [-0.05, 0) is 25.0 Å². The number of aliphatic carboxylic acids is 1. The number of nitrogens with zero attached hydrogens (tertiary/aromatic N) is 2. The number of benzene rings is 1. The Morgan fingerprint density at radius 2 is 1.90 bits per heavy atom. The smallest absolute Gasteiger partial charge is 0.414 e. The molecule has 10 nitrogen and oxygen atoms in total. The van der Waals surface area contributed by atoms with Crippen LogP contribution in [0.5, 0.6) is 0 Å². The number of para-hydroxylation sites is 1. The second-order valence-corrected chi connectivity index (χ2v) is 7.51. The molecule has 0 spiro atoms. The quantitative estimate of drug-likeness (QED) is 0.608. The molecule has 0 fully saturated rings. The van der Waals surface area contributed by atoms with Crippen LogP contribution >= 0.6 is 0 Å². The Morgan fingerprint density at radius 1 is 1.26 bits per heavy atom. The highest BCUT2D eigenvalue weighted by Crippen LogP contribution is 2.27. The summed E-state index contributed by atoms with van der Waals surface area (Å²) in [6.45, 7) is 5.00. The monoisotopic (exact) mass is 433 g/mol. The summed E-state index contributed by atoms with van der Waals surface area (Å²) in [5.74, 6) is -2.43. The van der Waals surface area contributed by atoms with Gasteiger partial charge in [0, 0.05) is 12.1 Å². The van der Waals surface area contributed by atoms with Crippen LogP contribution in [0.25, 0.3) is 0 Å². The van der Waals surface area contributed by atoms with Crippen molar-refractivity contribution in [2.75, 3.05) is 12.0 Å². The Bertz CT molecular complexity index is 854. The van der Waals surface area contributed by atoms with E-state index in [1.54, 1.807) is 24.3 Å². The number of Topliss-reactive ketones (excluding diaryl/α,β-unsaturated/α-hetero) is 1. The summed E-state index contributed by atoms with van der Waals surface area (Å²) in [7, 11) is 1.28. The lowest BCUT2D eigenvalue weighted by Gasteiger charge is -2.33. The molecule has 0 bridgehead atoms. The minimum Gasteiger partial charge on any atom is -0.481 e. The Hall–Kier alpha value is -3.43. The van der Waals surface area contributed by atoms with E-state index in [4.69, 9.17) is 14.7 Å². The van der Waals surface area contributed by atoms with Gasteiger partial charge < -0.3 is 20.0 Å². The SMILES string of the molecule is COC(=O)N(c1ccccc1)[C@H](C1=NOC(C(=O)N[C@@H](CC(=O)O)C(C)=O)C1)C(C)C. The first-order chi connectivity index (χ1) is 14.6. The molecule has 1 aliphatic rings. The van der Waals surface area contributed by atoms with E-state index >= 15 is 0 Å². The van der Waals surface area contributed by atoms with Gasteiger partial charge >= 0.3 is 12.1 Å². The number of hydrogen-bond acceptors (Lipinski definition) is 7. The molecular formula is C21H27N3O7. The summed E-state index contributed by atoms with van der Waals surface area (Å²) in [5.41, 5.74) is 1.06. The van der Waals surface area contributed by atoms with Gasteiger partial charge in [-0.3, -0.25) is 19.3 Å². The molecule has 1 heterocycles. The van der Waals surface area contributed by atoms with E-state index in [1.165, 1.54) is 18.9 Å². The van der Waals surface area contributed by atoms with Crippen LogP contribution in [0, 0.1) is 5.92 Å². The lowest BCUT2D eigenvalue weighted by molar-refractivity contribution is -0.141. The summed E-state index contributed by atoms with van der Waals surface area (Å²) >= 11 is 0. The highest BCUT2D eigenvalue weighted by atomic mass is 16.6. The first-order valence-corrected chi connectivity index (χ1v) is 9.83. The van der Waals surface area contributed by atoms with Gasteiger partial charge in [-0.15, -0.1) is 0 Å². The zero-order valence-corrected chi connectivity index (χ0v) is 17.9. The maximum atomic E-state index is 12.6. The molecule has 0 aromatic heterocycles. The van der Waals surface area contributed by atoms with Crippen molar-refractivity contribution in [1.82, 2.24) is 5.32 Å². The van der Waals surface area contributed by atoms with E-state index in [9.17, 15) is 19.2 Å². The standard InChI is InChI=1S/C21H27N3O7/c1-12(2)19(24(21(29)30-4)14-8-6-5-7-9-14)16-10-17(31-23-16)20(28)22-15(13(3)25)11-18(26)27/h5-9,12,15,17,19H,10-11H2,1-4H3,(H,22,28)(H,26,27)/t15-,17?,19-/m0/s1. The first kappa shape index (κ1) is 23.8. The number of anilines is 1. The average Bonchev–Trinajstić information content (AvgIpc) is 3.20. The molecule has 10 heteroatoms. The Morgan fingerprint density at radius 3 is 2.42 bits per heavy atom. The van der Waals surface area contributed by atoms with Crippen molar-refractivity contribution >= 4 is 35.2 Å². The van der Waals surface area contributed by atoms with Gasteiger partial charge in [0.1, 0.15) is 0 Å². The lowest BCUT2D eigenvalue weighted by atomic mass is 9.93. The fraction of sp³-hybridized carbons (Fsp3) is 0.476. The molecule has 1 aliphatic heterocycles. The van der Waals surface area contributed by atoms with Crippen molar-refractivity contribution in [2.24, 2.45) is 11.1 Å². The second kappa shape index (κ2) is 10.6. The van der Waals surface area contributed by atoms with Crippen LogP contribution in [-0.4, -0.2) is 59.9 Å². The largest absolute Gasteiger partial charge is 0.481 e. The predicted molar refractivity (Wildman–Crippen MR) is 112 cm³/mol. The van der Waals surface area contributed by atoms with Gasteiger partial charge in [-0.2, -0.15) is 0 Å². The molecule has 2 amide bonds. The topological polar surface area (TPSA) is 135 Å². The Balaban J connectivity index is 2.20. The van der Waals surface area contributed by atoms with E-state index < -0.39 is 48.4 Å². The number of methoxy groups -OCH3 is 1. The minimum absolute atomic E-state index is 0.0761. The van der Waals surface area contributed by atoms with Crippen molar-refractivity contribution in [3.63, 3.8) is 0 Å². The molecule has 168 valence electrons. The number of nitrogens with one attached hydrogen (secondary N) is 1. The van der Waals surface area contributed by atoms with Crippen LogP contribution in [-0.2, 0) is 24.0 Å². The Labute approximate surface area is 180 Å². The van der Waals surface area contributed by atoms with E-state index in [0.29, 0.717) is 11.4 Å². The number of carboxylic acids is 1. The molecule has 1 aromatic rings. The molecular weight excluding hydrogens is 406 g/mol. The van der Waals surface area contributed by atoms with Crippen LogP contribution in [0.4, 0.5) is 10.5 Å². The molecule has 2 N–H and O–H groups in total. The maximum Gasteiger partial charge on any atom is 0.414 e. The molecule has 1 unspecified atom stereocenters. The van der Waals surface area contributed by atoms with Gasteiger partial charge in [0.05, 0.1) is 31.3 Å². The molecule has 0 saturated carbocycles. The third-order valence-corrected chi connectivity index (χ3v) is 4.83. The van der Waals surface area contributed by atoms with Gasteiger partial charge in [-0.1, -0.05) is 37.2 Å². The van der Waals surface area contributed by atoms with Crippen LogP contribution < -0.4 is 10.2 Å². The number of carbonyl (C=O) groups excluding carboxylic acids is 3. The number of ether oxygens (including phenoxy) is 1. The number of carbonyl (C=O) groups is 4. The molecule has 0 saturated heterocycles. The molecule has 0 aliphatic carbocycles. The fourth-order valence-corrected chi connectivity index (χ4v) is 3.35. The van der Waals surface area contributed by atoms with Gasteiger partial charge in [0.15, 0.2) is 5.78 Å². The van der Waals surface area contributed by atoms with Gasteiger partial charge in [0.2, 0.25) is 6.10 Å². The summed E-state index contributed by atoms with van der Waals surface area (Å²) in [6.07, 6.45) is -2.08. The summed E-state index contributed by atoms with van der Waals surface area (Å²) in [4.78, 5) is 54.4. The van der Waals surface area contributed by atoms with E-state index in [2.05, 4.69) is 10.5 Å². The van der Waals surface area contributed by atoms with Crippen molar-refractivity contribution in [1.29, 1.82) is 0 Å². The number of carboxylic acid groups (broad SMARTS) is 1. The third kappa shape index (κ3) is 6.03. The van der Waals surface area contributed by atoms with Crippen molar-refractivity contribution < 1.29 is 33.9 Å².